The van der Waals surface area contributed by atoms with Crippen molar-refractivity contribution in [2.24, 2.45) is 5.92 Å². The zero-order valence-electron chi connectivity index (χ0n) is 19.0. The summed E-state index contributed by atoms with van der Waals surface area (Å²) in [6.45, 7) is 1.30. The molecule has 0 fully saturated rings. The smallest absolute Gasteiger partial charge is 0.303 e. The summed E-state index contributed by atoms with van der Waals surface area (Å²) in [6.07, 6.45) is 10.4. The molecular formula is C30H32O3. The van der Waals surface area contributed by atoms with E-state index in [4.69, 9.17) is 9.84 Å². The van der Waals surface area contributed by atoms with Crippen molar-refractivity contribution >= 4 is 16.7 Å². The van der Waals surface area contributed by atoms with Gasteiger partial charge in [-0.1, -0.05) is 96.6 Å². The minimum absolute atomic E-state index is 0.230. The zero-order valence-corrected chi connectivity index (χ0v) is 19.0. The molecule has 3 aromatic rings. The van der Waals surface area contributed by atoms with Crippen LogP contribution in [0.15, 0.2) is 96.6 Å². The normalized spacial score (nSPS) is 18.1. The molecule has 0 heterocycles. The molecule has 1 aliphatic carbocycles. The van der Waals surface area contributed by atoms with Crippen molar-refractivity contribution < 1.29 is 14.6 Å². The van der Waals surface area contributed by atoms with Crippen LogP contribution in [0.3, 0.4) is 0 Å². The number of hydrogen-bond acceptors (Lipinski definition) is 2. The van der Waals surface area contributed by atoms with Crippen LogP contribution in [-0.2, 0) is 16.1 Å². The average molecular weight is 441 g/mol. The lowest BCUT2D eigenvalue weighted by molar-refractivity contribution is -0.137. The van der Waals surface area contributed by atoms with E-state index in [0.29, 0.717) is 31.5 Å². The third-order valence-electron chi connectivity index (χ3n) is 6.54. The summed E-state index contributed by atoms with van der Waals surface area (Å²) < 4.78 is 6.33. The van der Waals surface area contributed by atoms with Crippen molar-refractivity contribution in [2.75, 3.05) is 6.61 Å². The number of aliphatic carboxylic acids is 1. The second-order valence-electron chi connectivity index (χ2n) is 8.75. The molecule has 4 rings (SSSR count). The second-order valence-corrected chi connectivity index (χ2v) is 8.75. The number of hydrogen-bond donors (Lipinski definition) is 1. The van der Waals surface area contributed by atoms with Gasteiger partial charge in [0.25, 0.3) is 0 Å². The van der Waals surface area contributed by atoms with E-state index in [9.17, 15) is 4.79 Å². The van der Waals surface area contributed by atoms with Crippen LogP contribution in [0.25, 0.3) is 10.8 Å². The van der Waals surface area contributed by atoms with E-state index >= 15 is 0 Å². The van der Waals surface area contributed by atoms with Gasteiger partial charge in [-0.05, 0) is 53.5 Å². The van der Waals surface area contributed by atoms with Gasteiger partial charge in [-0.15, -0.1) is 0 Å². The van der Waals surface area contributed by atoms with Crippen LogP contribution in [0.5, 0.6) is 0 Å². The predicted octanol–water partition coefficient (Wildman–Crippen LogP) is 7.29. The molecule has 3 aromatic carbocycles. The van der Waals surface area contributed by atoms with Gasteiger partial charge in [0.1, 0.15) is 0 Å². The highest BCUT2D eigenvalue weighted by Gasteiger charge is 2.30. The maximum atomic E-state index is 10.7. The van der Waals surface area contributed by atoms with Crippen molar-refractivity contribution in [3.63, 3.8) is 0 Å². The van der Waals surface area contributed by atoms with E-state index in [1.165, 1.54) is 27.5 Å². The van der Waals surface area contributed by atoms with Gasteiger partial charge in [-0.25, -0.2) is 0 Å². The van der Waals surface area contributed by atoms with Crippen molar-refractivity contribution in [2.45, 2.75) is 44.6 Å². The van der Waals surface area contributed by atoms with Gasteiger partial charge in [0, 0.05) is 12.3 Å². The fourth-order valence-corrected chi connectivity index (χ4v) is 4.80. The Morgan fingerprint density at radius 2 is 1.76 bits per heavy atom. The summed E-state index contributed by atoms with van der Waals surface area (Å²) in [4.78, 5) is 10.7. The Balaban J connectivity index is 1.40. The number of ether oxygens (including phenoxy) is 1. The van der Waals surface area contributed by atoms with Gasteiger partial charge in [-0.3, -0.25) is 4.79 Å². The van der Waals surface area contributed by atoms with Crippen molar-refractivity contribution in [3.8, 4) is 0 Å². The van der Waals surface area contributed by atoms with Gasteiger partial charge < -0.3 is 9.84 Å². The molecule has 170 valence electrons. The topological polar surface area (TPSA) is 46.5 Å². The first-order valence-corrected chi connectivity index (χ1v) is 11.9. The zero-order chi connectivity index (χ0) is 22.9. The lowest BCUT2D eigenvalue weighted by Gasteiger charge is -2.23. The number of allylic oxidation sites excluding steroid dienone is 3. The first-order valence-electron chi connectivity index (χ1n) is 11.9. The van der Waals surface area contributed by atoms with E-state index in [-0.39, 0.29) is 6.42 Å². The quantitative estimate of drug-likeness (QED) is 0.252. The fraction of sp³-hybridized carbons (Fsp3) is 0.300. The number of carbonyl (C=O) groups is 1. The largest absolute Gasteiger partial charge is 0.481 e. The minimum Gasteiger partial charge on any atom is -0.481 e. The molecule has 0 bridgehead atoms. The van der Waals surface area contributed by atoms with E-state index in [1.54, 1.807) is 0 Å². The molecule has 1 N–H and O–H groups in total. The van der Waals surface area contributed by atoms with E-state index in [0.717, 1.165) is 19.3 Å². The first kappa shape index (κ1) is 23.0. The van der Waals surface area contributed by atoms with Crippen LogP contribution < -0.4 is 0 Å². The van der Waals surface area contributed by atoms with Crippen LogP contribution >= 0.6 is 0 Å². The summed E-state index contributed by atoms with van der Waals surface area (Å²) >= 11 is 0. The lowest BCUT2D eigenvalue weighted by atomic mass is 9.85. The maximum Gasteiger partial charge on any atom is 0.303 e. The summed E-state index contributed by atoms with van der Waals surface area (Å²) in [5.74, 6) is 0.0659. The number of carboxylic acids is 1. The predicted molar refractivity (Wildman–Crippen MR) is 134 cm³/mol. The molecule has 0 saturated heterocycles. The van der Waals surface area contributed by atoms with Crippen LogP contribution in [0.1, 0.15) is 49.1 Å². The Morgan fingerprint density at radius 3 is 2.61 bits per heavy atom. The van der Waals surface area contributed by atoms with Crippen molar-refractivity contribution in [3.05, 3.63) is 108 Å². The molecule has 0 spiro atoms. The number of carboxylic acid groups (broad SMARTS) is 1. The first-order chi connectivity index (χ1) is 16.2. The summed E-state index contributed by atoms with van der Waals surface area (Å²) in [5, 5.41) is 11.3. The highest BCUT2D eigenvalue weighted by Crippen LogP contribution is 2.41. The van der Waals surface area contributed by atoms with Gasteiger partial charge in [-0.2, -0.15) is 0 Å². The molecular weight excluding hydrogens is 408 g/mol. The van der Waals surface area contributed by atoms with Gasteiger partial charge in [0.15, 0.2) is 0 Å². The van der Waals surface area contributed by atoms with Gasteiger partial charge in [0.05, 0.1) is 13.2 Å². The third-order valence-corrected chi connectivity index (χ3v) is 6.54. The molecule has 0 aromatic heterocycles. The van der Waals surface area contributed by atoms with Crippen LogP contribution in [0.4, 0.5) is 0 Å². The molecule has 0 aliphatic heterocycles. The molecule has 0 saturated carbocycles. The van der Waals surface area contributed by atoms with E-state index in [1.807, 2.05) is 0 Å². The fourth-order valence-electron chi connectivity index (χ4n) is 4.80. The summed E-state index contributed by atoms with van der Waals surface area (Å²) in [7, 11) is 0. The molecule has 0 radical (unpaired) electrons. The lowest BCUT2D eigenvalue weighted by Crippen LogP contribution is -2.17. The van der Waals surface area contributed by atoms with Crippen LogP contribution in [0, 0.1) is 5.92 Å². The molecule has 1 unspecified atom stereocenters. The molecule has 2 atom stereocenters. The Morgan fingerprint density at radius 1 is 0.970 bits per heavy atom. The highest BCUT2D eigenvalue weighted by atomic mass is 16.5. The van der Waals surface area contributed by atoms with Gasteiger partial charge in [0.2, 0.25) is 0 Å². The molecule has 1 aliphatic rings. The number of rotatable bonds is 11. The van der Waals surface area contributed by atoms with Crippen LogP contribution in [-0.4, -0.2) is 17.7 Å². The van der Waals surface area contributed by atoms with Gasteiger partial charge >= 0.3 is 5.97 Å². The minimum atomic E-state index is -0.726. The Bertz CT molecular complexity index is 1110. The molecule has 3 nitrogen and oxygen atoms in total. The number of benzene rings is 3. The SMILES string of the molecule is O=C(O)CCC/C=C/CC1=CCC(c2ccccc2)[C@@H]1COCc1cccc2ccccc12. The molecule has 3 heteroatoms. The maximum absolute atomic E-state index is 10.7. The number of unbranched alkanes of at least 4 members (excludes halogenated alkanes) is 1. The number of fused-ring (bicyclic) bond motifs is 1. The standard InChI is InChI=1S/C30H32O3/c31-30(32)18-7-2-1-4-13-25-19-20-28(24-11-5-3-6-12-24)29(25)22-33-21-26-16-10-15-23-14-8-9-17-27(23)26/h1,3-6,8-12,14-17,19,28-29H,2,7,13,18,20-22H2,(H,31,32)/b4-1+/t28?,29-/m1/s1. The summed E-state index contributed by atoms with van der Waals surface area (Å²) in [6, 6.07) is 25.6. The average Bonchev–Trinajstić information content (AvgIpc) is 3.24. The Labute approximate surface area is 196 Å². The van der Waals surface area contributed by atoms with Crippen LogP contribution in [0.2, 0.25) is 0 Å². The monoisotopic (exact) mass is 440 g/mol. The third kappa shape index (κ3) is 6.21. The molecule has 0 amide bonds. The van der Waals surface area contributed by atoms with E-state index in [2.05, 4.69) is 91.0 Å². The second kappa shape index (κ2) is 11.6. The summed E-state index contributed by atoms with van der Waals surface area (Å²) in [5.41, 5.74) is 4.02. The van der Waals surface area contributed by atoms with Crippen molar-refractivity contribution in [1.29, 1.82) is 0 Å². The Kier molecular flexibility index (Phi) is 8.10. The van der Waals surface area contributed by atoms with E-state index < -0.39 is 5.97 Å². The Hall–Kier alpha value is -3.17. The van der Waals surface area contributed by atoms with Crippen molar-refractivity contribution in [1.82, 2.24) is 0 Å². The molecule has 33 heavy (non-hydrogen) atoms. The highest BCUT2D eigenvalue weighted by molar-refractivity contribution is 5.85.